The summed E-state index contributed by atoms with van der Waals surface area (Å²) in [5.41, 5.74) is 0.458. The average molecular weight is 285 g/mol. The van der Waals surface area contributed by atoms with Gasteiger partial charge in [0.1, 0.15) is 20.9 Å². The van der Waals surface area contributed by atoms with E-state index in [0.29, 0.717) is 26.6 Å². The molecule has 1 aromatic heterocycles. The highest BCUT2D eigenvalue weighted by atomic mass is 35.5. The lowest BCUT2D eigenvalue weighted by Gasteiger charge is -2.12. The minimum atomic E-state index is -0.234. The molecule has 1 atom stereocenters. The summed E-state index contributed by atoms with van der Waals surface area (Å²) in [6.45, 7) is 0. The van der Waals surface area contributed by atoms with Crippen molar-refractivity contribution in [1.29, 1.82) is 0 Å². The second-order valence-corrected chi connectivity index (χ2v) is 5.91. The second kappa shape index (κ2) is 4.09. The zero-order valence-corrected chi connectivity index (χ0v) is 10.8. The molecule has 1 unspecified atom stereocenters. The first-order chi connectivity index (χ1) is 8.15. The molecule has 86 valence electrons. The van der Waals surface area contributed by atoms with E-state index in [9.17, 15) is 4.79 Å². The molecule has 1 aliphatic heterocycles. The fourth-order valence-electron chi connectivity index (χ4n) is 1.70. The van der Waals surface area contributed by atoms with Crippen molar-refractivity contribution in [3.63, 3.8) is 0 Å². The SMILES string of the molecule is O=c1c2c(oc3ccc(Cl)cc13)C=CC(Cl)S2. The molecule has 0 saturated heterocycles. The quantitative estimate of drug-likeness (QED) is 0.682. The van der Waals surface area contributed by atoms with Crippen LogP contribution < -0.4 is 5.43 Å². The van der Waals surface area contributed by atoms with Crippen LogP contribution in [0.15, 0.2) is 38.4 Å². The molecule has 0 spiro atoms. The number of alkyl halides is 1. The Hall–Kier alpha value is -0.900. The molecule has 2 heterocycles. The van der Waals surface area contributed by atoms with Crippen molar-refractivity contribution in [3.05, 3.63) is 45.3 Å². The van der Waals surface area contributed by atoms with Crippen molar-refractivity contribution >= 4 is 52.0 Å². The molecule has 0 fully saturated rings. The van der Waals surface area contributed by atoms with Gasteiger partial charge >= 0.3 is 0 Å². The predicted octanol–water partition coefficient (Wildman–Crippen LogP) is 4.13. The molecule has 0 radical (unpaired) electrons. The first-order valence-corrected chi connectivity index (χ1v) is 6.60. The number of benzene rings is 1. The Balaban J connectivity index is 2.39. The molecule has 0 saturated carbocycles. The Morgan fingerprint density at radius 3 is 3.00 bits per heavy atom. The molecular weight excluding hydrogens is 279 g/mol. The van der Waals surface area contributed by atoms with Gasteiger partial charge in [0.15, 0.2) is 0 Å². The van der Waals surface area contributed by atoms with Crippen molar-refractivity contribution in [1.82, 2.24) is 0 Å². The first kappa shape index (κ1) is 11.2. The zero-order valence-electron chi connectivity index (χ0n) is 8.44. The van der Waals surface area contributed by atoms with E-state index in [1.165, 1.54) is 11.8 Å². The van der Waals surface area contributed by atoms with E-state index in [-0.39, 0.29) is 10.1 Å². The van der Waals surface area contributed by atoms with Crippen LogP contribution in [0.2, 0.25) is 5.02 Å². The first-order valence-electron chi connectivity index (χ1n) is 4.90. The van der Waals surface area contributed by atoms with Gasteiger partial charge in [-0.25, -0.2) is 0 Å². The molecule has 0 bridgehead atoms. The minimum Gasteiger partial charge on any atom is -0.455 e. The molecule has 0 amide bonds. The number of fused-ring (bicyclic) bond motifs is 2. The van der Waals surface area contributed by atoms with E-state index in [0.717, 1.165) is 0 Å². The summed E-state index contributed by atoms with van der Waals surface area (Å²) in [5, 5.41) is 1.01. The Kier molecular flexibility index (Phi) is 2.69. The number of rotatable bonds is 0. The Morgan fingerprint density at radius 1 is 1.35 bits per heavy atom. The molecule has 17 heavy (non-hydrogen) atoms. The van der Waals surface area contributed by atoms with Crippen LogP contribution in [0.4, 0.5) is 0 Å². The van der Waals surface area contributed by atoms with Crippen LogP contribution in [0.1, 0.15) is 5.76 Å². The molecular formula is C12H6Cl2O2S. The van der Waals surface area contributed by atoms with Crippen LogP contribution in [0.25, 0.3) is 17.0 Å². The summed E-state index contributed by atoms with van der Waals surface area (Å²) < 4.78 is 5.41. The third-order valence-corrected chi connectivity index (χ3v) is 4.12. The van der Waals surface area contributed by atoms with E-state index in [1.807, 2.05) is 0 Å². The summed E-state index contributed by atoms with van der Waals surface area (Å²) in [6.07, 6.45) is 3.53. The van der Waals surface area contributed by atoms with Crippen LogP contribution in [0, 0.1) is 0 Å². The maximum absolute atomic E-state index is 12.2. The third-order valence-electron chi connectivity index (χ3n) is 2.47. The fourth-order valence-corrected chi connectivity index (χ4v) is 3.04. The number of halogens is 2. The largest absolute Gasteiger partial charge is 0.455 e. The summed E-state index contributed by atoms with van der Waals surface area (Å²) in [7, 11) is 0. The Morgan fingerprint density at radius 2 is 2.18 bits per heavy atom. The highest BCUT2D eigenvalue weighted by Gasteiger charge is 2.19. The maximum Gasteiger partial charge on any atom is 0.206 e. The average Bonchev–Trinajstić information content (AvgIpc) is 2.32. The molecule has 2 nitrogen and oxygen atoms in total. The molecule has 1 aliphatic rings. The van der Waals surface area contributed by atoms with Gasteiger partial charge in [-0.05, 0) is 24.3 Å². The van der Waals surface area contributed by atoms with Gasteiger partial charge in [-0.3, -0.25) is 4.79 Å². The third kappa shape index (κ3) is 1.88. The summed E-state index contributed by atoms with van der Waals surface area (Å²) in [4.78, 5) is 12.8. The summed E-state index contributed by atoms with van der Waals surface area (Å²) in [5.74, 6) is 0.562. The summed E-state index contributed by atoms with van der Waals surface area (Å²) in [6, 6.07) is 5.01. The van der Waals surface area contributed by atoms with E-state index >= 15 is 0 Å². The lowest BCUT2D eigenvalue weighted by atomic mass is 10.2. The molecule has 0 aliphatic carbocycles. The van der Waals surface area contributed by atoms with Crippen molar-refractivity contribution in [2.45, 2.75) is 9.60 Å². The van der Waals surface area contributed by atoms with Crippen LogP contribution in [0.3, 0.4) is 0 Å². The highest BCUT2D eigenvalue weighted by molar-refractivity contribution is 8.01. The maximum atomic E-state index is 12.2. The second-order valence-electron chi connectivity index (χ2n) is 3.59. The van der Waals surface area contributed by atoms with Crippen LogP contribution in [-0.2, 0) is 0 Å². The number of thioether (sulfide) groups is 1. The molecule has 3 rings (SSSR count). The molecule has 1 aromatic carbocycles. The van der Waals surface area contributed by atoms with Gasteiger partial charge in [-0.15, -0.1) is 11.6 Å². The van der Waals surface area contributed by atoms with E-state index < -0.39 is 0 Å². The van der Waals surface area contributed by atoms with Crippen molar-refractivity contribution in [2.75, 3.05) is 0 Å². The topological polar surface area (TPSA) is 30.2 Å². The lowest BCUT2D eigenvalue weighted by molar-refractivity contribution is 0.574. The molecule has 0 N–H and O–H groups in total. The van der Waals surface area contributed by atoms with Crippen molar-refractivity contribution in [3.8, 4) is 0 Å². The van der Waals surface area contributed by atoms with E-state index in [4.69, 9.17) is 27.6 Å². The number of hydrogen-bond donors (Lipinski definition) is 0. The van der Waals surface area contributed by atoms with Crippen LogP contribution in [0.5, 0.6) is 0 Å². The molecule has 5 heteroatoms. The van der Waals surface area contributed by atoms with Gasteiger partial charge in [0.05, 0.1) is 5.39 Å². The number of hydrogen-bond acceptors (Lipinski definition) is 3. The Labute approximate surface area is 111 Å². The van der Waals surface area contributed by atoms with Crippen LogP contribution in [-0.4, -0.2) is 4.71 Å². The zero-order chi connectivity index (χ0) is 12.0. The summed E-state index contributed by atoms with van der Waals surface area (Å²) >= 11 is 13.1. The fraction of sp³-hybridized carbons (Fsp3) is 0.0833. The monoisotopic (exact) mass is 284 g/mol. The predicted molar refractivity (Wildman–Crippen MR) is 72.0 cm³/mol. The van der Waals surface area contributed by atoms with Crippen molar-refractivity contribution < 1.29 is 4.42 Å². The smallest absolute Gasteiger partial charge is 0.206 e. The van der Waals surface area contributed by atoms with E-state index in [2.05, 4.69) is 0 Å². The lowest BCUT2D eigenvalue weighted by Crippen LogP contribution is -2.10. The molecule has 2 aromatic rings. The van der Waals surface area contributed by atoms with Gasteiger partial charge in [-0.2, -0.15) is 0 Å². The van der Waals surface area contributed by atoms with Gasteiger partial charge in [0.2, 0.25) is 5.43 Å². The van der Waals surface area contributed by atoms with Gasteiger partial charge < -0.3 is 4.42 Å². The van der Waals surface area contributed by atoms with Gasteiger partial charge in [-0.1, -0.05) is 29.4 Å². The standard InChI is InChI=1S/C12H6Cl2O2S/c13-6-1-2-8-7(5-6)11(15)12-9(16-8)3-4-10(14)17-12/h1-5,10H. The normalized spacial score (nSPS) is 18.4. The highest BCUT2D eigenvalue weighted by Crippen LogP contribution is 2.34. The van der Waals surface area contributed by atoms with Gasteiger partial charge in [0.25, 0.3) is 0 Å². The van der Waals surface area contributed by atoms with Crippen molar-refractivity contribution in [2.24, 2.45) is 0 Å². The Bertz CT molecular complexity index is 691. The minimum absolute atomic E-state index is 0.0799. The van der Waals surface area contributed by atoms with Crippen LogP contribution >= 0.6 is 35.0 Å². The van der Waals surface area contributed by atoms with E-state index in [1.54, 1.807) is 30.4 Å². The van der Waals surface area contributed by atoms with Gasteiger partial charge in [0, 0.05) is 5.02 Å².